The summed E-state index contributed by atoms with van der Waals surface area (Å²) in [6.45, 7) is 0.731. The molecule has 43 heavy (non-hydrogen) atoms. The zero-order chi connectivity index (χ0) is 32.8. The van der Waals surface area contributed by atoms with Crippen LogP contribution in [-0.4, -0.2) is 147 Å². The summed E-state index contributed by atoms with van der Waals surface area (Å²) < 4.78 is 13.4. The van der Waals surface area contributed by atoms with E-state index in [1.165, 1.54) is 7.11 Å². The van der Waals surface area contributed by atoms with Gasteiger partial charge in [0.2, 0.25) is 5.91 Å². The summed E-state index contributed by atoms with van der Waals surface area (Å²) in [5.41, 5.74) is 5.04. The Balaban J connectivity index is -0.000000850. The van der Waals surface area contributed by atoms with Crippen molar-refractivity contribution < 1.29 is 74.2 Å². The number of carbonyl (C=O) groups excluding carboxylic acids is 4. The lowest BCUT2D eigenvalue weighted by atomic mass is 10.0. The molecule has 0 bridgehead atoms. The van der Waals surface area contributed by atoms with E-state index in [1.54, 1.807) is 0 Å². The molecule has 0 aliphatic rings. The molecule has 0 spiro atoms. The molecule has 17 heteroatoms. The van der Waals surface area contributed by atoms with Crippen LogP contribution in [0.3, 0.4) is 0 Å². The fourth-order valence-electron chi connectivity index (χ4n) is 3.09. The number of aliphatic hydroxyl groups excluding tert-OH is 8. The number of nitrogens with one attached hydrogen (secondary N) is 1. The van der Waals surface area contributed by atoms with Gasteiger partial charge in [-0.2, -0.15) is 0 Å². The van der Waals surface area contributed by atoms with Crippen LogP contribution in [0.15, 0.2) is 0 Å². The smallest absolute Gasteiger partial charge is 0.305 e. The zero-order valence-electron chi connectivity index (χ0n) is 24.2. The fraction of sp³-hybridized carbons (Fsp3) is 0.846. The third kappa shape index (κ3) is 22.7. The average molecular weight is 633 g/mol. The molecule has 0 aromatic rings. The van der Waals surface area contributed by atoms with Crippen LogP contribution in [0.25, 0.3) is 0 Å². The minimum atomic E-state index is -1.74. The van der Waals surface area contributed by atoms with Crippen LogP contribution in [0, 0.1) is 0 Å². The highest BCUT2D eigenvalue weighted by Crippen LogP contribution is 2.08. The Morgan fingerprint density at radius 3 is 1.44 bits per heavy atom. The Kier molecular flexibility index (Phi) is 27.1. The van der Waals surface area contributed by atoms with Crippen molar-refractivity contribution in [3.05, 3.63) is 0 Å². The van der Waals surface area contributed by atoms with Crippen molar-refractivity contribution in [1.29, 1.82) is 0 Å². The number of unbranched alkanes of at least 4 members (excludes halogenated alkanes) is 3. The zero-order valence-corrected chi connectivity index (χ0v) is 24.2. The number of amides is 1. The highest BCUT2D eigenvalue weighted by molar-refractivity contribution is 5.75. The molecular weight excluding hydrogens is 580 g/mol. The van der Waals surface area contributed by atoms with Gasteiger partial charge in [0.15, 0.2) is 0 Å². The second-order valence-corrected chi connectivity index (χ2v) is 9.37. The third-order valence-electron chi connectivity index (χ3n) is 5.70. The molecule has 0 saturated heterocycles. The Bertz CT molecular complexity index is 773. The molecule has 0 saturated carbocycles. The van der Waals surface area contributed by atoms with Gasteiger partial charge in [-0.25, -0.2) is 0 Å². The summed E-state index contributed by atoms with van der Waals surface area (Å²) in [6.07, 6.45) is -9.15. The molecule has 0 radical (unpaired) electrons. The van der Waals surface area contributed by atoms with Crippen LogP contribution in [0.2, 0.25) is 0 Å². The predicted octanol–water partition coefficient (Wildman–Crippen LogP) is -3.79. The molecule has 0 aromatic carbocycles. The second kappa shape index (κ2) is 26.0. The monoisotopic (exact) mass is 632 g/mol. The molecule has 11 N–H and O–H groups in total. The van der Waals surface area contributed by atoms with Crippen molar-refractivity contribution >= 4 is 23.8 Å². The first-order valence-electron chi connectivity index (χ1n) is 13.3. The fourth-order valence-corrected chi connectivity index (χ4v) is 3.09. The van der Waals surface area contributed by atoms with Crippen LogP contribution in [0.5, 0.6) is 0 Å². The first-order chi connectivity index (χ1) is 19.6. The molecule has 0 fully saturated rings. The maximum atomic E-state index is 11.7. The van der Waals surface area contributed by atoms with E-state index in [2.05, 4.69) is 19.5 Å². The molecule has 1 amide bonds. The number of rotatable bonds is 20. The number of esters is 3. The van der Waals surface area contributed by atoms with E-state index in [1.807, 2.05) is 0 Å². The number of methoxy groups -OCH3 is 1. The molecule has 8 atom stereocenters. The van der Waals surface area contributed by atoms with Crippen molar-refractivity contribution in [2.45, 2.75) is 109 Å². The molecule has 0 aliphatic heterocycles. The molecule has 0 aliphatic carbocycles. The van der Waals surface area contributed by atoms with Crippen LogP contribution in [-0.2, 0) is 33.4 Å². The molecular formula is C26H52N2O15. The largest absolute Gasteiger partial charge is 0.469 e. The lowest BCUT2D eigenvalue weighted by Crippen LogP contribution is -2.50. The molecule has 0 rings (SSSR count). The summed E-state index contributed by atoms with van der Waals surface area (Å²) in [5, 5.41) is 78.2. The minimum Gasteiger partial charge on any atom is -0.469 e. The van der Waals surface area contributed by atoms with Gasteiger partial charge in [-0.1, -0.05) is 20.3 Å². The van der Waals surface area contributed by atoms with Crippen LogP contribution < -0.4 is 11.1 Å². The first kappa shape index (κ1) is 45.0. The highest BCUT2D eigenvalue weighted by Gasteiger charge is 2.31. The van der Waals surface area contributed by atoms with Gasteiger partial charge < -0.3 is 66.1 Å². The number of ether oxygens (including phenoxy) is 3. The summed E-state index contributed by atoms with van der Waals surface area (Å²) in [4.78, 5) is 43.6. The number of aliphatic hydroxyl groups is 8. The Morgan fingerprint density at radius 1 is 0.651 bits per heavy atom. The lowest BCUT2D eigenvalue weighted by Gasteiger charge is -2.26. The van der Waals surface area contributed by atoms with Gasteiger partial charge in [0.1, 0.15) is 49.8 Å². The summed E-state index contributed by atoms with van der Waals surface area (Å²) in [6, 6.07) is 0. The maximum Gasteiger partial charge on any atom is 0.305 e. The van der Waals surface area contributed by atoms with Gasteiger partial charge in [-0.15, -0.1) is 0 Å². The Morgan fingerprint density at radius 2 is 1.05 bits per heavy atom. The van der Waals surface area contributed by atoms with Gasteiger partial charge in [0.25, 0.3) is 0 Å². The Hall–Kier alpha value is -2.48. The number of hydrogen-bond donors (Lipinski definition) is 10. The van der Waals surface area contributed by atoms with Gasteiger partial charge in [-0.05, 0) is 12.8 Å². The summed E-state index contributed by atoms with van der Waals surface area (Å²) in [7, 11) is 1.33. The molecule has 256 valence electrons. The SMILES string of the molecule is C.CC(=O)OCC(O)C(O)C(O)C(O)CN.COC(=O)CCCCCCC(=O)NCC(O)C(O)C(O)C(O)COC(C)=O. The molecule has 0 heterocycles. The van der Waals surface area contributed by atoms with Crippen LogP contribution in [0.1, 0.15) is 59.8 Å². The first-order valence-corrected chi connectivity index (χ1v) is 13.3. The normalized spacial score (nSPS) is 16.3. The molecule has 8 unspecified atom stereocenters. The van der Waals surface area contributed by atoms with Crippen molar-refractivity contribution in [3.63, 3.8) is 0 Å². The van der Waals surface area contributed by atoms with Gasteiger partial charge >= 0.3 is 17.9 Å². The van der Waals surface area contributed by atoms with E-state index in [-0.39, 0.29) is 38.8 Å². The number of hydrogen-bond acceptors (Lipinski definition) is 16. The third-order valence-corrected chi connectivity index (χ3v) is 5.70. The Labute approximate surface area is 251 Å². The van der Waals surface area contributed by atoms with E-state index >= 15 is 0 Å². The molecule has 0 aromatic heterocycles. The van der Waals surface area contributed by atoms with E-state index in [0.717, 1.165) is 26.7 Å². The van der Waals surface area contributed by atoms with Gasteiger partial charge in [0, 0.05) is 39.8 Å². The van der Waals surface area contributed by atoms with E-state index in [9.17, 15) is 54.9 Å². The quantitative estimate of drug-likeness (QED) is 0.0350. The summed E-state index contributed by atoms with van der Waals surface area (Å²) >= 11 is 0. The maximum absolute atomic E-state index is 11.7. The minimum absolute atomic E-state index is 0. The van der Waals surface area contributed by atoms with Crippen LogP contribution >= 0.6 is 0 Å². The van der Waals surface area contributed by atoms with Crippen molar-refractivity contribution in [1.82, 2.24) is 5.32 Å². The summed E-state index contributed by atoms with van der Waals surface area (Å²) in [5.74, 6) is -1.87. The second-order valence-electron chi connectivity index (χ2n) is 9.37. The number of nitrogens with two attached hydrogens (primary N) is 1. The lowest BCUT2D eigenvalue weighted by molar-refractivity contribution is -0.153. The predicted molar refractivity (Wildman–Crippen MR) is 150 cm³/mol. The molecule has 17 nitrogen and oxygen atoms in total. The standard InChI is InChI=1S/C17H31NO9.C8H17NO6.CH4/c1-11(19)27-10-13(21)17(25)16(24)12(20)9-18-14(22)7-5-3-4-6-8-15(23)26-2;1-4(10)15-3-6(12)8(14)7(13)5(11)2-9;/h12-13,16-17,20-21,24-25H,3-10H2,1-2H3,(H,18,22);5-8,11-14H,2-3,9H2,1H3;1H4. The van der Waals surface area contributed by atoms with Crippen molar-refractivity contribution in [2.75, 3.05) is 33.4 Å². The topological polar surface area (TPSA) is 296 Å². The van der Waals surface area contributed by atoms with Crippen LogP contribution in [0.4, 0.5) is 0 Å². The van der Waals surface area contributed by atoms with Gasteiger partial charge in [-0.3, -0.25) is 19.2 Å². The van der Waals surface area contributed by atoms with E-state index in [4.69, 9.17) is 10.8 Å². The van der Waals surface area contributed by atoms with E-state index < -0.39 is 74.0 Å². The van der Waals surface area contributed by atoms with Crippen molar-refractivity contribution in [3.8, 4) is 0 Å². The average Bonchev–Trinajstić information content (AvgIpc) is 2.96. The van der Waals surface area contributed by atoms with E-state index in [0.29, 0.717) is 19.3 Å². The van der Waals surface area contributed by atoms with Gasteiger partial charge in [0.05, 0.1) is 19.3 Å². The highest BCUT2D eigenvalue weighted by atomic mass is 16.5. The number of carbonyl (C=O) groups is 4. The van der Waals surface area contributed by atoms with Crippen molar-refractivity contribution in [2.24, 2.45) is 5.73 Å².